The molecule has 0 bridgehead atoms. The quantitative estimate of drug-likeness (QED) is 0.916. The predicted octanol–water partition coefficient (Wildman–Crippen LogP) is 4.04. The third-order valence-electron chi connectivity index (χ3n) is 3.42. The van der Waals surface area contributed by atoms with Crippen LogP contribution < -0.4 is 5.32 Å². The second kappa shape index (κ2) is 4.89. The van der Waals surface area contributed by atoms with Crippen LogP contribution in [-0.4, -0.2) is 9.36 Å². The third kappa shape index (κ3) is 2.76. The highest BCUT2D eigenvalue weighted by molar-refractivity contribution is 7.09. The van der Waals surface area contributed by atoms with Crippen LogP contribution in [0, 0.1) is 12.7 Å². The van der Waals surface area contributed by atoms with Crippen molar-refractivity contribution in [1.29, 1.82) is 0 Å². The summed E-state index contributed by atoms with van der Waals surface area (Å²) in [6, 6.07) is 5.35. The molecule has 0 saturated heterocycles. The second-order valence-corrected chi connectivity index (χ2v) is 5.86. The molecule has 0 radical (unpaired) electrons. The molecule has 1 aromatic heterocycles. The third-order valence-corrected chi connectivity index (χ3v) is 4.08. The van der Waals surface area contributed by atoms with Gasteiger partial charge in [-0.05, 0) is 43.9 Å². The Bertz CT molecular complexity index is 592. The molecule has 0 aliphatic heterocycles. The van der Waals surface area contributed by atoms with Gasteiger partial charge >= 0.3 is 0 Å². The Balaban J connectivity index is 1.72. The van der Waals surface area contributed by atoms with Crippen LogP contribution in [0.3, 0.4) is 0 Å². The van der Waals surface area contributed by atoms with Gasteiger partial charge in [0.2, 0.25) is 5.13 Å². The Kier molecular flexibility index (Phi) is 3.22. The van der Waals surface area contributed by atoms with Crippen LogP contribution in [0.2, 0.25) is 0 Å². The molecule has 1 fully saturated rings. The predicted molar refractivity (Wildman–Crippen MR) is 75.1 cm³/mol. The van der Waals surface area contributed by atoms with Crippen LogP contribution in [0.5, 0.6) is 0 Å². The maximum atomic E-state index is 13.5. The number of nitrogens with one attached hydrogen (secondary N) is 1. The second-order valence-electron chi connectivity index (χ2n) is 5.11. The van der Waals surface area contributed by atoms with Gasteiger partial charge in [0, 0.05) is 17.5 Å². The summed E-state index contributed by atoms with van der Waals surface area (Å²) in [7, 11) is 0. The average molecular weight is 277 g/mol. The maximum absolute atomic E-state index is 13.5. The zero-order valence-electron chi connectivity index (χ0n) is 11.0. The number of rotatable bonds is 4. The van der Waals surface area contributed by atoms with E-state index in [0.717, 1.165) is 16.5 Å². The van der Waals surface area contributed by atoms with Crippen molar-refractivity contribution in [3.63, 3.8) is 0 Å². The van der Waals surface area contributed by atoms with Crippen LogP contribution >= 0.6 is 11.5 Å². The fourth-order valence-corrected chi connectivity index (χ4v) is 2.68. The largest absolute Gasteiger partial charge is 0.354 e. The Morgan fingerprint density at radius 3 is 2.89 bits per heavy atom. The first-order chi connectivity index (χ1) is 9.13. The molecule has 1 atom stereocenters. The number of benzene rings is 1. The van der Waals surface area contributed by atoms with Crippen molar-refractivity contribution in [2.75, 3.05) is 5.32 Å². The van der Waals surface area contributed by atoms with Gasteiger partial charge < -0.3 is 5.32 Å². The van der Waals surface area contributed by atoms with Gasteiger partial charge in [0.05, 0.1) is 6.04 Å². The van der Waals surface area contributed by atoms with E-state index in [1.165, 1.54) is 24.4 Å². The van der Waals surface area contributed by atoms with Gasteiger partial charge in [0.25, 0.3) is 0 Å². The first-order valence-electron chi connectivity index (χ1n) is 6.49. The number of nitrogens with zero attached hydrogens (tertiary/aromatic N) is 2. The first-order valence-corrected chi connectivity index (χ1v) is 7.27. The smallest absolute Gasteiger partial charge is 0.203 e. The van der Waals surface area contributed by atoms with Crippen molar-refractivity contribution in [3.8, 4) is 0 Å². The minimum absolute atomic E-state index is 0.0232. The standard InChI is InChI=1S/C14H16FN3S/c1-8-3-4-11(7-12(8)15)9(2)16-14-17-13(18-19-14)10-5-6-10/h3-4,7,9-10H,5-6H2,1-2H3,(H,16,17,18). The van der Waals surface area contributed by atoms with E-state index in [2.05, 4.69) is 14.7 Å². The molecule has 1 aliphatic carbocycles. The van der Waals surface area contributed by atoms with Crippen molar-refractivity contribution in [1.82, 2.24) is 9.36 Å². The normalized spacial score (nSPS) is 16.4. The average Bonchev–Trinajstić information content (AvgIpc) is 3.14. The summed E-state index contributed by atoms with van der Waals surface area (Å²) in [6.45, 7) is 3.77. The van der Waals surface area contributed by atoms with Crippen LogP contribution in [-0.2, 0) is 0 Å². The number of aromatic nitrogens is 2. The van der Waals surface area contributed by atoms with Crippen molar-refractivity contribution in [2.24, 2.45) is 0 Å². The monoisotopic (exact) mass is 277 g/mol. The van der Waals surface area contributed by atoms with E-state index in [4.69, 9.17) is 0 Å². The molecule has 5 heteroatoms. The molecular weight excluding hydrogens is 261 g/mol. The lowest BCUT2D eigenvalue weighted by molar-refractivity contribution is 0.614. The molecule has 100 valence electrons. The lowest BCUT2D eigenvalue weighted by Gasteiger charge is -2.13. The molecule has 1 N–H and O–H groups in total. The SMILES string of the molecule is Cc1ccc(C(C)Nc2nc(C3CC3)ns2)cc1F. The van der Waals surface area contributed by atoms with E-state index < -0.39 is 0 Å². The minimum Gasteiger partial charge on any atom is -0.354 e. The van der Waals surface area contributed by atoms with Crippen LogP contribution in [0.4, 0.5) is 9.52 Å². The fourth-order valence-electron chi connectivity index (χ4n) is 1.95. The molecule has 1 aliphatic rings. The Hall–Kier alpha value is -1.49. The number of halogens is 1. The highest BCUT2D eigenvalue weighted by atomic mass is 32.1. The summed E-state index contributed by atoms with van der Waals surface area (Å²) in [5.41, 5.74) is 1.59. The van der Waals surface area contributed by atoms with Gasteiger partial charge in [0.15, 0.2) is 0 Å². The Labute approximate surface area is 116 Å². The molecule has 3 rings (SSSR count). The molecule has 0 amide bonds. The molecule has 19 heavy (non-hydrogen) atoms. The van der Waals surface area contributed by atoms with Gasteiger partial charge in [-0.1, -0.05) is 12.1 Å². The topological polar surface area (TPSA) is 37.8 Å². The van der Waals surface area contributed by atoms with E-state index in [1.807, 2.05) is 13.0 Å². The zero-order valence-corrected chi connectivity index (χ0v) is 11.8. The van der Waals surface area contributed by atoms with Crippen LogP contribution in [0.1, 0.15) is 48.7 Å². The van der Waals surface area contributed by atoms with Crippen molar-refractivity contribution in [3.05, 3.63) is 41.0 Å². The maximum Gasteiger partial charge on any atom is 0.203 e. The van der Waals surface area contributed by atoms with Crippen molar-refractivity contribution < 1.29 is 4.39 Å². The molecule has 1 aromatic carbocycles. The van der Waals surface area contributed by atoms with Gasteiger partial charge in [0.1, 0.15) is 11.6 Å². The van der Waals surface area contributed by atoms with Crippen molar-refractivity contribution >= 4 is 16.7 Å². The molecule has 0 spiro atoms. The summed E-state index contributed by atoms with van der Waals surface area (Å²) in [6.07, 6.45) is 2.41. The van der Waals surface area contributed by atoms with Crippen LogP contribution in [0.15, 0.2) is 18.2 Å². The zero-order chi connectivity index (χ0) is 13.4. The Morgan fingerprint density at radius 1 is 1.42 bits per heavy atom. The van der Waals surface area contributed by atoms with Gasteiger partial charge in [-0.25, -0.2) is 9.37 Å². The Morgan fingerprint density at radius 2 is 2.21 bits per heavy atom. The number of hydrogen-bond acceptors (Lipinski definition) is 4. The lowest BCUT2D eigenvalue weighted by Crippen LogP contribution is -2.07. The number of hydrogen-bond donors (Lipinski definition) is 1. The van der Waals surface area contributed by atoms with E-state index in [0.29, 0.717) is 11.5 Å². The lowest BCUT2D eigenvalue weighted by atomic mass is 10.1. The summed E-state index contributed by atoms with van der Waals surface area (Å²) >= 11 is 1.38. The molecule has 2 aromatic rings. The van der Waals surface area contributed by atoms with E-state index in [9.17, 15) is 4.39 Å². The molecule has 1 unspecified atom stereocenters. The summed E-state index contributed by atoms with van der Waals surface area (Å²) in [5.74, 6) is 1.36. The molecule has 1 saturated carbocycles. The molecular formula is C14H16FN3S. The van der Waals surface area contributed by atoms with Gasteiger partial charge in [-0.3, -0.25) is 0 Å². The highest BCUT2D eigenvalue weighted by Crippen LogP contribution is 2.39. The summed E-state index contributed by atoms with van der Waals surface area (Å²) < 4.78 is 17.9. The number of anilines is 1. The highest BCUT2D eigenvalue weighted by Gasteiger charge is 2.28. The van der Waals surface area contributed by atoms with Gasteiger partial charge in [-0.15, -0.1) is 0 Å². The van der Waals surface area contributed by atoms with E-state index >= 15 is 0 Å². The first kappa shape index (κ1) is 12.5. The summed E-state index contributed by atoms with van der Waals surface area (Å²) in [5, 5.41) is 4.10. The molecule has 3 nitrogen and oxygen atoms in total. The minimum atomic E-state index is -0.165. The molecule has 1 heterocycles. The van der Waals surface area contributed by atoms with Crippen molar-refractivity contribution in [2.45, 2.75) is 38.6 Å². The summed E-state index contributed by atoms with van der Waals surface area (Å²) in [4.78, 5) is 4.48. The van der Waals surface area contributed by atoms with Crippen LogP contribution in [0.25, 0.3) is 0 Å². The number of aryl methyl sites for hydroxylation is 1. The van der Waals surface area contributed by atoms with Gasteiger partial charge in [-0.2, -0.15) is 4.37 Å². The van der Waals surface area contributed by atoms with E-state index in [1.54, 1.807) is 19.1 Å². The fraction of sp³-hybridized carbons (Fsp3) is 0.429. The van der Waals surface area contributed by atoms with E-state index in [-0.39, 0.29) is 11.9 Å².